The highest BCUT2D eigenvalue weighted by Gasteiger charge is 2.36. The van der Waals surface area contributed by atoms with E-state index < -0.39 is 33.4 Å². The highest BCUT2D eigenvalue weighted by Crippen LogP contribution is 2.28. The van der Waals surface area contributed by atoms with Crippen LogP contribution in [0.4, 0.5) is 11.4 Å². The molecule has 0 radical (unpaired) electrons. The van der Waals surface area contributed by atoms with E-state index in [0.717, 1.165) is 41.6 Å². The molecule has 0 aromatic heterocycles. The van der Waals surface area contributed by atoms with Gasteiger partial charge in [-0.25, -0.2) is 8.42 Å². The molecular formula is C35H35ClN4O6S. The highest BCUT2D eigenvalue weighted by molar-refractivity contribution is 7.92. The molecule has 4 aromatic carbocycles. The van der Waals surface area contributed by atoms with E-state index in [4.69, 9.17) is 11.6 Å². The fourth-order valence-electron chi connectivity index (χ4n) is 5.72. The molecule has 0 unspecified atom stereocenters. The molecule has 1 saturated carbocycles. The van der Waals surface area contributed by atoms with Crippen LogP contribution in [-0.2, 0) is 32.6 Å². The number of carbonyl (C=O) groups is 2. The lowest BCUT2D eigenvalue weighted by Crippen LogP contribution is -2.54. The van der Waals surface area contributed by atoms with Gasteiger partial charge < -0.3 is 10.2 Å². The van der Waals surface area contributed by atoms with Crippen molar-refractivity contribution in [2.24, 2.45) is 0 Å². The SMILES string of the molecule is O=C(NC1CCCC1)[C@@H](Cc1ccccc1)N(Cc1ccc(Cl)cc1)C(=O)CN(c1cccc([N+](=O)[O-])c1)S(=O)(=O)c1ccccc1. The molecule has 0 aliphatic heterocycles. The summed E-state index contributed by atoms with van der Waals surface area (Å²) >= 11 is 6.14. The van der Waals surface area contributed by atoms with Crippen molar-refractivity contribution in [1.29, 1.82) is 0 Å². The molecule has 47 heavy (non-hydrogen) atoms. The number of amides is 2. The van der Waals surface area contributed by atoms with Gasteiger partial charge in [-0.2, -0.15) is 0 Å². The van der Waals surface area contributed by atoms with Crippen LogP contribution >= 0.6 is 11.6 Å². The third-order valence-electron chi connectivity index (χ3n) is 8.18. The molecule has 0 spiro atoms. The monoisotopic (exact) mass is 674 g/mol. The van der Waals surface area contributed by atoms with Crippen LogP contribution in [0.15, 0.2) is 114 Å². The Kier molecular flexibility index (Phi) is 10.9. The number of sulfonamides is 1. The van der Waals surface area contributed by atoms with Crippen LogP contribution in [0.5, 0.6) is 0 Å². The molecule has 4 aromatic rings. The van der Waals surface area contributed by atoms with Crippen molar-refractivity contribution in [3.8, 4) is 0 Å². The van der Waals surface area contributed by atoms with Gasteiger partial charge in [0.05, 0.1) is 15.5 Å². The van der Waals surface area contributed by atoms with E-state index in [1.807, 2.05) is 30.3 Å². The van der Waals surface area contributed by atoms with Gasteiger partial charge in [0.15, 0.2) is 0 Å². The largest absolute Gasteiger partial charge is 0.352 e. The van der Waals surface area contributed by atoms with Gasteiger partial charge in [-0.1, -0.05) is 91.2 Å². The van der Waals surface area contributed by atoms with Crippen molar-refractivity contribution in [2.45, 2.75) is 55.6 Å². The first-order valence-electron chi connectivity index (χ1n) is 15.3. The van der Waals surface area contributed by atoms with Crippen molar-refractivity contribution < 1.29 is 22.9 Å². The molecular weight excluding hydrogens is 640 g/mol. The van der Waals surface area contributed by atoms with Gasteiger partial charge >= 0.3 is 0 Å². The fraction of sp³-hybridized carbons (Fsp3) is 0.257. The number of hydrogen-bond acceptors (Lipinski definition) is 6. The molecule has 10 nitrogen and oxygen atoms in total. The van der Waals surface area contributed by atoms with E-state index in [1.54, 1.807) is 42.5 Å². The van der Waals surface area contributed by atoms with E-state index in [9.17, 15) is 28.1 Å². The van der Waals surface area contributed by atoms with Gasteiger partial charge in [0.1, 0.15) is 12.6 Å². The maximum Gasteiger partial charge on any atom is 0.271 e. The molecule has 2 amide bonds. The Morgan fingerprint density at radius 3 is 2.15 bits per heavy atom. The number of anilines is 1. The summed E-state index contributed by atoms with van der Waals surface area (Å²) in [6, 6.07) is 27.8. The first-order valence-corrected chi connectivity index (χ1v) is 17.1. The lowest BCUT2D eigenvalue weighted by Gasteiger charge is -2.34. The Labute approximate surface area is 279 Å². The second-order valence-electron chi connectivity index (χ2n) is 11.4. The number of rotatable bonds is 13. The zero-order chi connectivity index (χ0) is 33.4. The molecule has 1 aliphatic rings. The summed E-state index contributed by atoms with van der Waals surface area (Å²) in [5, 5.41) is 15.3. The van der Waals surface area contributed by atoms with E-state index in [2.05, 4.69) is 5.32 Å². The average molecular weight is 675 g/mol. The minimum absolute atomic E-state index is 0.0141. The molecule has 12 heteroatoms. The second-order valence-corrected chi connectivity index (χ2v) is 13.7. The standard InChI is InChI=1S/C35H35ClN4O6S/c36-28-20-18-27(19-21-28)24-38(33(22-26-10-3-1-4-11-26)35(42)37-29-12-7-8-13-29)34(41)25-39(30-14-9-15-31(23-30)40(43)44)47(45,46)32-16-5-2-6-17-32/h1-6,9-11,14-21,23,29,33H,7-8,12-13,22,24-25H2,(H,37,42)/t33-/m1/s1. The van der Waals surface area contributed by atoms with Crippen LogP contribution in [0.1, 0.15) is 36.8 Å². The van der Waals surface area contributed by atoms with Gasteiger partial charge in [-0.05, 0) is 54.3 Å². The van der Waals surface area contributed by atoms with Crippen molar-refractivity contribution in [3.05, 3.63) is 135 Å². The summed E-state index contributed by atoms with van der Waals surface area (Å²) in [6.45, 7) is -0.728. The van der Waals surface area contributed by atoms with Crippen LogP contribution in [0.25, 0.3) is 0 Å². The Hall–Kier alpha value is -4.74. The zero-order valence-electron chi connectivity index (χ0n) is 25.6. The summed E-state index contributed by atoms with van der Waals surface area (Å²) in [5.41, 5.74) is 1.11. The Morgan fingerprint density at radius 1 is 0.872 bits per heavy atom. The van der Waals surface area contributed by atoms with Gasteiger partial charge in [0, 0.05) is 36.2 Å². The van der Waals surface area contributed by atoms with E-state index in [-0.39, 0.29) is 41.2 Å². The maximum atomic E-state index is 14.5. The third kappa shape index (κ3) is 8.55. The number of nitro benzene ring substituents is 1. The molecule has 5 rings (SSSR count). The topological polar surface area (TPSA) is 130 Å². The normalized spacial score (nSPS) is 13.9. The molecule has 0 bridgehead atoms. The van der Waals surface area contributed by atoms with E-state index in [0.29, 0.717) is 10.6 Å². The minimum atomic E-state index is -4.38. The van der Waals surface area contributed by atoms with Gasteiger partial charge in [-0.3, -0.25) is 24.0 Å². The second kappa shape index (κ2) is 15.2. The number of halogens is 1. The number of benzene rings is 4. The van der Waals surface area contributed by atoms with Crippen molar-refractivity contribution in [2.75, 3.05) is 10.8 Å². The van der Waals surface area contributed by atoms with E-state index in [1.165, 1.54) is 35.2 Å². The predicted molar refractivity (Wildman–Crippen MR) is 180 cm³/mol. The summed E-state index contributed by atoms with van der Waals surface area (Å²) in [6.07, 6.45) is 3.85. The number of nitrogens with one attached hydrogen (secondary N) is 1. The van der Waals surface area contributed by atoms with Crippen molar-refractivity contribution in [3.63, 3.8) is 0 Å². The number of nitrogens with zero attached hydrogens (tertiary/aromatic N) is 3. The Balaban J connectivity index is 1.58. The first-order chi connectivity index (χ1) is 22.6. The number of hydrogen-bond donors (Lipinski definition) is 1. The quantitative estimate of drug-likeness (QED) is 0.134. The fourth-order valence-corrected chi connectivity index (χ4v) is 7.27. The Morgan fingerprint density at radius 2 is 1.51 bits per heavy atom. The zero-order valence-corrected chi connectivity index (χ0v) is 27.1. The summed E-state index contributed by atoms with van der Waals surface area (Å²) in [5.74, 6) is -0.996. The molecule has 1 N–H and O–H groups in total. The maximum absolute atomic E-state index is 14.5. The molecule has 0 saturated heterocycles. The predicted octanol–water partition coefficient (Wildman–Crippen LogP) is 6.14. The number of nitro groups is 1. The smallest absolute Gasteiger partial charge is 0.271 e. The highest BCUT2D eigenvalue weighted by atomic mass is 35.5. The number of non-ortho nitro benzene ring substituents is 1. The number of carbonyl (C=O) groups excluding carboxylic acids is 2. The van der Waals surface area contributed by atoms with Crippen LogP contribution in [-0.4, -0.2) is 48.7 Å². The summed E-state index contributed by atoms with van der Waals surface area (Å²) in [7, 11) is -4.38. The molecule has 1 aliphatic carbocycles. The van der Waals surface area contributed by atoms with E-state index >= 15 is 0 Å². The first kappa shape index (κ1) is 33.6. The Bertz CT molecular complexity index is 1800. The van der Waals surface area contributed by atoms with Crippen LogP contribution in [0.2, 0.25) is 5.02 Å². The van der Waals surface area contributed by atoms with Crippen LogP contribution < -0.4 is 9.62 Å². The molecule has 0 heterocycles. The van der Waals surface area contributed by atoms with Gasteiger partial charge in [0.2, 0.25) is 11.8 Å². The van der Waals surface area contributed by atoms with Crippen LogP contribution in [0, 0.1) is 10.1 Å². The molecule has 1 fully saturated rings. The summed E-state index contributed by atoms with van der Waals surface area (Å²) in [4.78, 5) is 40.9. The summed E-state index contributed by atoms with van der Waals surface area (Å²) < 4.78 is 29.0. The van der Waals surface area contributed by atoms with Crippen LogP contribution in [0.3, 0.4) is 0 Å². The van der Waals surface area contributed by atoms with Crippen molar-refractivity contribution in [1.82, 2.24) is 10.2 Å². The average Bonchev–Trinajstić information content (AvgIpc) is 3.60. The molecule has 1 atom stereocenters. The third-order valence-corrected chi connectivity index (χ3v) is 10.2. The minimum Gasteiger partial charge on any atom is -0.352 e. The van der Waals surface area contributed by atoms with Gasteiger partial charge in [0.25, 0.3) is 15.7 Å². The lowest BCUT2D eigenvalue weighted by molar-refractivity contribution is -0.384. The van der Waals surface area contributed by atoms with Crippen molar-refractivity contribution >= 4 is 44.8 Å². The molecule has 244 valence electrons. The lowest BCUT2D eigenvalue weighted by atomic mass is 10.0. The van der Waals surface area contributed by atoms with Gasteiger partial charge in [-0.15, -0.1) is 0 Å².